The van der Waals surface area contributed by atoms with Crippen molar-refractivity contribution in [3.05, 3.63) is 249 Å². The summed E-state index contributed by atoms with van der Waals surface area (Å²) in [5, 5.41) is 6.42. The fourth-order valence-corrected chi connectivity index (χ4v) is 11.3. The summed E-state index contributed by atoms with van der Waals surface area (Å²) in [7, 11) is 0. The third kappa shape index (κ3) is 6.46. The second kappa shape index (κ2) is 16.6. The summed E-state index contributed by atoms with van der Waals surface area (Å²) in [5.41, 5.74) is 12.3. The van der Waals surface area contributed by atoms with Gasteiger partial charge in [-0.05, 0) is 83.9 Å². The van der Waals surface area contributed by atoms with Gasteiger partial charge in [-0.1, -0.05) is 176 Å². The van der Waals surface area contributed by atoms with E-state index < -0.39 is 12.1 Å². The van der Waals surface area contributed by atoms with E-state index in [9.17, 15) is 2.74 Å². The van der Waals surface area contributed by atoms with Crippen LogP contribution in [0.25, 0.3) is 155 Å². The third-order valence-corrected chi connectivity index (χ3v) is 14.7. The van der Waals surface area contributed by atoms with Crippen LogP contribution in [0.2, 0.25) is 0 Å². The molecule has 0 fully saturated rings. The SMILES string of the molecule is [2H]c1cc([2H])c2c(c1[2H])c1c([2H])c([2H])c([2H])c([2H])c1n2-c1ccccc1-c1nc(-c2cccc(-c3cccc4c3oc3ccc(-c5cccc6c5oc5ccccc56)cc34)c2)nc(-c2cccc(-n3c4ccccc4c4ccccc43)c2)n1. The van der Waals surface area contributed by atoms with E-state index in [0.29, 0.717) is 34.0 Å². The van der Waals surface area contributed by atoms with Crippen LogP contribution >= 0.6 is 0 Å². The molecule has 5 aromatic heterocycles. The lowest BCUT2D eigenvalue weighted by Crippen LogP contribution is -2.04. The Morgan fingerprint density at radius 2 is 0.855 bits per heavy atom. The largest absolute Gasteiger partial charge is 0.455 e. The molecule has 0 spiro atoms. The summed E-state index contributed by atoms with van der Waals surface area (Å²) in [5.74, 6) is 0.953. The van der Waals surface area contributed by atoms with Crippen LogP contribution in [0.4, 0.5) is 0 Å². The zero-order valence-electron chi connectivity index (χ0n) is 47.2. The molecule has 0 N–H and O–H groups in total. The number of nitrogens with zero attached hydrogens (tertiary/aromatic N) is 5. The van der Waals surface area contributed by atoms with Gasteiger partial charge in [0.05, 0.1) is 37.3 Å². The topological polar surface area (TPSA) is 74.8 Å². The molecule has 0 unspecified atom stereocenters. The predicted molar refractivity (Wildman–Crippen MR) is 310 cm³/mol. The number of aromatic nitrogens is 5. The molecular formula is C69H41N5O2. The van der Waals surface area contributed by atoms with E-state index in [1.165, 1.54) is 6.07 Å². The molecule has 5 heterocycles. The quantitative estimate of drug-likeness (QED) is 0.159. The minimum absolute atomic E-state index is 0.0457. The van der Waals surface area contributed by atoms with Crippen LogP contribution in [0, 0.1) is 0 Å². The van der Waals surface area contributed by atoms with Crippen molar-refractivity contribution in [2.75, 3.05) is 0 Å². The van der Waals surface area contributed by atoms with Gasteiger partial charge < -0.3 is 18.0 Å². The monoisotopic (exact) mass is 978 g/mol. The number of para-hydroxylation sites is 8. The van der Waals surface area contributed by atoms with Gasteiger partial charge in [-0.3, -0.25) is 0 Å². The Labute approximate surface area is 444 Å². The molecule has 76 heavy (non-hydrogen) atoms. The Morgan fingerprint density at radius 3 is 1.63 bits per heavy atom. The molecule has 0 amide bonds. The van der Waals surface area contributed by atoms with Gasteiger partial charge in [-0.25, -0.2) is 15.0 Å². The molecular weight excluding hydrogens is 931 g/mol. The number of hydrogen-bond donors (Lipinski definition) is 0. The number of fused-ring (bicyclic) bond motifs is 12. The minimum Gasteiger partial charge on any atom is -0.455 e. The number of rotatable bonds is 7. The van der Waals surface area contributed by atoms with Gasteiger partial charge in [0.25, 0.3) is 0 Å². The second-order valence-corrected chi connectivity index (χ2v) is 18.9. The fourth-order valence-electron chi connectivity index (χ4n) is 11.3. The van der Waals surface area contributed by atoms with Gasteiger partial charge in [0.15, 0.2) is 17.5 Å². The van der Waals surface area contributed by atoms with E-state index in [2.05, 4.69) is 83.4 Å². The summed E-state index contributed by atoms with van der Waals surface area (Å²) < 4.78 is 80.0. The Hall–Kier alpha value is -10.4. The first-order valence-electron chi connectivity index (χ1n) is 28.5. The minimum atomic E-state index is -0.480. The molecule has 0 bridgehead atoms. The van der Waals surface area contributed by atoms with Crippen molar-refractivity contribution in [1.29, 1.82) is 0 Å². The van der Waals surface area contributed by atoms with E-state index in [4.69, 9.17) is 30.6 Å². The molecule has 0 saturated heterocycles. The number of hydrogen-bond acceptors (Lipinski definition) is 5. The van der Waals surface area contributed by atoms with Crippen LogP contribution < -0.4 is 0 Å². The molecule has 7 nitrogen and oxygen atoms in total. The van der Waals surface area contributed by atoms with Crippen molar-refractivity contribution in [2.45, 2.75) is 0 Å². The maximum atomic E-state index is 9.32. The Balaban J connectivity index is 0.891. The average molecular weight is 979 g/mol. The molecule has 0 saturated carbocycles. The van der Waals surface area contributed by atoms with Crippen molar-refractivity contribution >= 4 is 87.5 Å². The summed E-state index contributed by atoms with van der Waals surface area (Å²) in [4.78, 5) is 15.8. The van der Waals surface area contributed by atoms with Gasteiger partial charge in [-0.2, -0.15) is 0 Å². The lowest BCUT2D eigenvalue weighted by molar-refractivity contribution is 0.669. The highest BCUT2D eigenvalue weighted by Crippen LogP contribution is 2.42. The molecule has 7 heteroatoms. The van der Waals surface area contributed by atoms with Crippen LogP contribution in [0.3, 0.4) is 0 Å². The molecule has 354 valence electrons. The highest BCUT2D eigenvalue weighted by Gasteiger charge is 2.22. The molecule has 0 aliphatic carbocycles. The van der Waals surface area contributed by atoms with E-state index in [0.717, 1.165) is 93.6 Å². The third-order valence-electron chi connectivity index (χ3n) is 14.7. The number of benzene rings is 11. The van der Waals surface area contributed by atoms with Gasteiger partial charge in [0.1, 0.15) is 22.3 Å². The molecule has 16 rings (SSSR count). The fraction of sp³-hybridized carbons (Fsp3) is 0. The van der Waals surface area contributed by atoms with Gasteiger partial charge in [-0.15, -0.1) is 0 Å². The lowest BCUT2D eigenvalue weighted by Gasteiger charge is -2.15. The van der Waals surface area contributed by atoms with E-state index >= 15 is 0 Å². The maximum Gasteiger partial charge on any atom is 0.166 e. The molecule has 0 aliphatic rings. The highest BCUT2D eigenvalue weighted by atomic mass is 16.3. The molecule has 0 radical (unpaired) electrons. The normalized spacial score (nSPS) is 13.2. The van der Waals surface area contributed by atoms with Crippen LogP contribution in [0.1, 0.15) is 9.60 Å². The Kier molecular flexibility index (Phi) is 7.79. The highest BCUT2D eigenvalue weighted by molar-refractivity contribution is 6.14. The second-order valence-electron chi connectivity index (χ2n) is 18.9. The average Bonchev–Trinajstić information content (AvgIpc) is 3.46. The molecule has 11 aromatic carbocycles. The maximum absolute atomic E-state index is 9.32. The van der Waals surface area contributed by atoms with Crippen molar-refractivity contribution in [3.8, 4) is 67.8 Å². The number of furan rings is 2. The lowest BCUT2D eigenvalue weighted by atomic mass is 9.98. The smallest absolute Gasteiger partial charge is 0.166 e. The van der Waals surface area contributed by atoms with Crippen LogP contribution in [0.5, 0.6) is 0 Å². The first-order valence-corrected chi connectivity index (χ1v) is 25.0. The zero-order chi connectivity index (χ0) is 55.9. The van der Waals surface area contributed by atoms with E-state index in [1.807, 2.05) is 109 Å². The molecule has 0 atom stereocenters. The molecule has 16 aromatic rings. The van der Waals surface area contributed by atoms with Crippen LogP contribution in [-0.2, 0) is 0 Å². The van der Waals surface area contributed by atoms with E-state index in [1.54, 1.807) is 16.7 Å². The first-order chi connectivity index (χ1) is 40.6. The standard InChI is InChI=1S/C69H41N5O2/c1-7-31-58-49(21-1)50-22-2-8-32-59(50)73(58)46-20-14-19-45(40-46)68-70-67(71-69(72-68)56-26-5-11-35-62(56)74-60-33-9-3-23-51(60)52-24-4-10-34-61(52)74)44-18-13-17-42(39-44)47-27-16-30-55-57-41-43(37-38-64(57)76-66(47)55)48-28-15-29-54-53-25-6-12-36-63(53)75-65(48)54/h1-41H/i3D,4D,9D,23D,24D,33D,34D. The zero-order valence-corrected chi connectivity index (χ0v) is 40.2. The van der Waals surface area contributed by atoms with Gasteiger partial charge in [0.2, 0.25) is 0 Å². The Morgan fingerprint density at radius 1 is 0.316 bits per heavy atom. The van der Waals surface area contributed by atoms with Gasteiger partial charge >= 0.3 is 0 Å². The molecule has 0 aliphatic heterocycles. The van der Waals surface area contributed by atoms with Gasteiger partial charge in [0, 0.05) is 76.6 Å². The van der Waals surface area contributed by atoms with Crippen molar-refractivity contribution in [1.82, 2.24) is 24.1 Å². The van der Waals surface area contributed by atoms with Crippen molar-refractivity contribution < 1.29 is 18.4 Å². The van der Waals surface area contributed by atoms with Crippen LogP contribution in [0.15, 0.2) is 257 Å². The summed E-state index contributed by atoms with van der Waals surface area (Å²) in [6.45, 7) is 0. The summed E-state index contributed by atoms with van der Waals surface area (Å²) >= 11 is 0. The van der Waals surface area contributed by atoms with E-state index in [-0.39, 0.29) is 57.8 Å². The van der Waals surface area contributed by atoms with Crippen molar-refractivity contribution in [3.63, 3.8) is 0 Å². The van der Waals surface area contributed by atoms with Crippen LogP contribution in [-0.4, -0.2) is 24.1 Å². The summed E-state index contributed by atoms with van der Waals surface area (Å²) in [6, 6.07) is 65.8. The predicted octanol–water partition coefficient (Wildman–Crippen LogP) is 18.2. The summed E-state index contributed by atoms with van der Waals surface area (Å²) in [6.07, 6.45) is 0. The van der Waals surface area contributed by atoms with Crippen molar-refractivity contribution in [2.24, 2.45) is 0 Å². The Bertz CT molecular complexity index is 5410. The first kappa shape index (κ1) is 35.7.